The van der Waals surface area contributed by atoms with Crippen LogP contribution < -0.4 is 5.32 Å². The first-order chi connectivity index (χ1) is 9.00. The molecule has 19 heavy (non-hydrogen) atoms. The molecule has 1 unspecified atom stereocenters. The minimum Gasteiger partial charge on any atom is -0.466 e. The second kappa shape index (κ2) is 5.59. The lowest BCUT2D eigenvalue weighted by Gasteiger charge is -2.21. The van der Waals surface area contributed by atoms with E-state index in [-0.39, 0.29) is 12.5 Å². The van der Waals surface area contributed by atoms with Gasteiger partial charge in [0, 0.05) is 4.47 Å². The van der Waals surface area contributed by atoms with Gasteiger partial charge in [-0.15, -0.1) is 0 Å². The first-order valence-electron chi connectivity index (χ1n) is 5.80. The highest BCUT2D eigenvalue weighted by Crippen LogP contribution is 2.20. The molecule has 0 aliphatic rings. The lowest BCUT2D eigenvalue weighted by Crippen LogP contribution is -2.38. The third kappa shape index (κ3) is 3.24. The maximum Gasteiger partial charge on any atom is 0.252 e. The number of carbonyl (C=O) groups is 1. The first kappa shape index (κ1) is 13.8. The molecule has 1 amide bonds. The molecule has 2 rings (SSSR count). The summed E-state index contributed by atoms with van der Waals surface area (Å²) in [4.78, 5) is 12.0. The normalized spacial score (nSPS) is 13.8. The summed E-state index contributed by atoms with van der Waals surface area (Å²) in [5.74, 6) is 0.166. The SMILES string of the molecule is CC(O)(CNC(=O)c1ccccc1Br)c1ccco1. The van der Waals surface area contributed by atoms with Gasteiger partial charge in [-0.05, 0) is 47.1 Å². The Bertz CT molecular complexity index is 564. The fourth-order valence-corrected chi connectivity index (χ4v) is 2.13. The average Bonchev–Trinajstić information content (AvgIpc) is 2.91. The second-order valence-corrected chi connectivity index (χ2v) is 5.27. The van der Waals surface area contributed by atoms with Gasteiger partial charge < -0.3 is 14.8 Å². The molecular formula is C14H14BrNO3. The van der Waals surface area contributed by atoms with Crippen molar-refractivity contribution in [1.29, 1.82) is 0 Å². The van der Waals surface area contributed by atoms with Gasteiger partial charge in [0.05, 0.1) is 18.4 Å². The van der Waals surface area contributed by atoms with E-state index >= 15 is 0 Å². The molecule has 1 aromatic heterocycles. The molecule has 0 saturated heterocycles. The molecule has 4 nitrogen and oxygen atoms in total. The monoisotopic (exact) mass is 323 g/mol. The highest BCUT2D eigenvalue weighted by molar-refractivity contribution is 9.10. The highest BCUT2D eigenvalue weighted by Gasteiger charge is 2.27. The van der Waals surface area contributed by atoms with Crippen LogP contribution >= 0.6 is 15.9 Å². The van der Waals surface area contributed by atoms with Crippen molar-refractivity contribution in [3.8, 4) is 0 Å². The van der Waals surface area contributed by atoms with E-state index < -0.39 is 5.60 Å². The number of furan rings is 1. The number of hydrogen-bond donors (Lipinski definition) is 2. The van der Waals surface area contributed by atoms with E-state index in [9.17, 15) is 9.90 Å². The summed E-state index contributed by atoms with van der Waals surface area (Å²) < 4.78 is 5.86. The maximum atomic E-state index is 12.0. The predicted octanol–water partition coefficient (Wildman–Crippen LogP) is 2.68. The van der Waals surface area contributed by atoms with Crippen LogP contribution in [0.15, 0.2) is 51.6 Å². The van der Waals surface area contributed by atoms with Gasteiger partial charge in [0.2, 0.25) is 0 Å². The Labute approximate surface area is 119 Å². The van der Waals surface area contributed by atoms with Crippen molar-refractivity contribution in [2.45, 2.75) is 12.5 Å². The van der Waals surface area contributed by atoms with E-state index in [1.807, 2.05) is 6.07 Å². The zero-order valence-electron chi connectivity index (χ0n) is 10.4. The van der Waals surface area contributed by atoms with Gasteiger partial charge in [-0.25, -0.2) is 0 Å². The largest absolute Gasteiger partial charge is 0.466 e. The van der Waals surface area contributed by atoms with E-state index in [0.29, 0.717) is 15.8 Å². The summed E-state index contributed by atoms with van der Waals surface area (Å²) in [6, 6.07) is 10.5. The summed E-state index contributed by atoms with van der Waals surface area (Å²) in [6.07, 6.45) is 1.49. The van der Waals surface area contributed by atoms with Crippen LogP contribution in [0.1, 0.15) is 23.0 Å². The molecule has 5 heteroatoms. The number of aliphatic hydroxyl groups is 1. The Kier molecular flexibility index (Phi) is 4.07. The molecule has 0 fully saturated rings. The molecule has 0 aliphatic heterocycles. The van der Waals surface area contributed by atoms with Crippen LogP contribution in [0.3, 0.4) is 0 Å². The molecule has 0 spiro atoms. The van der Waals surface area contributed by atoms with Gasteiger partial charge in [-0.1, -0.05) is 12.1 Å². The summed E-state index contributed by atoms with van der Waals surface area (Å²) in [7, 11) is 0. The van der Waals surface area contributed by atoms with Crippen molar-refractivity contribution in [2.75, 3.05) is 6.54 Å². The van der Waals surface area contributed by atoms with Gasteiger partial charge in [0.15, 0.2) is 0 Å². The van der Waals surface area contributed by atoms with Crippen molar-refractivity contribution in [1.82, 2.24) is 5.32 Å². The topological polar surface area (TPSA) is 62.5 Å². The van der Waals surface area contributed by atoms with Crippen molar-refractivity contribution in [3.05, 3.63) is 58.5 Å². The van der Waals surface area contributed by atoms with Crippen LogP contribution in [0, 0.1) is 0 Å². The minimum absolute atomic E-state index is 0.0701. The smallest absolute Gasteiger partial charge is 0.252 e. The molecule has 2 N–H and O–H groups in total. The Morgan fingerprint density at radius 3 is 2.74 bits per heavy atom. The summed E-state index contributed by atoms with van der Waals surface area (Å²) in [6.45, 7) is 1.66. The molecule has 1 atom stereocenters. The molecule has 0 aliphatic carbocycles. The van der Waals surface area contributed by atoms with Crippen LogP contribution in [-0.2, 0) is 5.60 Å². The summed E-state index contributed by atoms with van der Waals surface area (Å²) in [5, 5.41) is 12.9. The number of nitrogens with one attached hydrogen (secondary N) is 1. The van der Waals surface area contributed by atoms with Crippen molar-refractivity contribution >= 4 is 21.8 Å². The zero-order valence-corrected chi connectivity index (χ0v) is 12.0. The first-order valence-corrected chi connectivity index (χ1v) is 6.59. The molecule has 0 bridgehead atoms. The van der Waals surface area contributed by atoms with Crippen molar-refractivity contribution in [3.63, 3.8) is 0 Å². The van der Waals surface area contributed by atoms with Crippen LogP contribution in [0.25, 0.3) is 0 Å². The third-order valence-electron chi connectivity index (χ3n) is 2.76. The van der Waals surface area contributed by atoms with E-state index in [2.05, 4.69) is 21.2 Å². The van der Waals surface area contributed by atoms with Crippen molar-refractivity contribution in [2.24, 2.45) is 0 Å². The lowest BCUT2D eigenvalue weighted by atomic mass is 10.0. The number of rotatable bonds is 4. The third-order valence-corrected chi connectivity index (χ3v) is 3.46. The zero-order chi connectivity index (χ0) is 13.9. The van der Waals surface area contributed by atoms with E-state index in [1.54, 1.807) is 37.3 Å². The Hall–Kier alpha value is -1.59. The van der Waals surface area contributed by atoms with Crippen molar-refractivity contribution < 1.29 is 14.3 Å². The fourth-order valence-electron chi connectivity index (χ4n) is 1.67. The van der Waals surface area contributed by atoms with E-state index in [1.165, 1.54) is 6.26 Å². The van der Waals surface area contributed by atoms with Gasteiger partial charge in [-0.2, -0.15) is 0 Å². The standard InChI is InChI=1S/C14H14BrNO3/c1-14(18,12-7-4-8-19-12)9-16-13(17)10-5-2-3-6-11(10)15/h2-8,18H,9H2,1H3,(H,16,17). The second-order valence-electron chi connectivity index (χ2n) is 4.41. The molecule has 1 aromatic carbocycles. The molecule has 1 heterocycles. The van der Waals surface area contributed by atoms with E-state index in [4.69, 9.17) is 4.42 Å². The van der Waals surface area contributed by atoms with Crippen LogP contribution in [0.5, 0.6) is 0 Å². The molecule has 0 radical (unpaired) electrons. The molecule has 100 valence electrons. The van der Waals surface area contributed by atoms with Crippen LogP contribution in [0.2, 0.25) is 0 Å². The summed E-state index contributed by atoms with van der Waals surface area (Å²) >= 11 is 3.31. The molecule has 2 aromatic rings. The molecular weight excluding hydrogens is 310 g/mol. The van der Waals surface area contributed by atoms with Crippen LogP contribution in [0.4, 0.5) is 0 Å². The maximum absolute atomic E-state index is 12.0. The summed E-state index contributed by atoms with van der Waals surface area (Å²) in [5.41, 5.74) is -0.710. The number of amides is 1. The van der Waals surface area contributed by atoms with Gasteiger partial charge in [0.1, 0.15) is 11.4 Å². The van der Waals surface area contributed by atoms with Crippen LogP contribution in [-0.4, -0.2) is 17.6 Å². The quantitative estimate of drug-likeness (QED) is 0.909. The van der Waals surface area contributed by atoms with Gasteiger partial charge in [-0.3, -0.25) is 4.79 Å². The minimum atomic E-state index is -1.24. The highest BCUT2D eigenvalue weighted by atomic mass is 79.9. The Morgan fingerprint density at radius 2 is 2.11 bits per heavy atom. The predicted molar refractivity (Wildman–Crippen MR) is 74.8 cm³/mol. The molecule has 0 saturated carbocycles. The number of benzene rings is 1. The van der Waals surface area contributed by atoms with Gasteiger partial charge in [0.25, 0.3) is 5.91 Å². The number of carbonyl (C=O) groups excluding carboxylic acids is 1. The van der Waals surface area contributed by atoms with E-state index in [0.717, 1.165) is 0 Å². The average molecular weight is 324 g/mol. The van der Waals surface area contributed by atoms with Gasteiger partial charge >= 0.3 is 0 Å². The fraction of sp³-hybridized carbons (Fsp3) is 0.214. The number of hydrogen-bond acceptors (Lipinski definition) is 3. The Balaban J connectivity index is 2.03. The Morgan fingerprint density at radius 1 is 1.37 bits per heavy atom. The number of halogens is 1. The lowest BCUT2D eigenvalue weighted by molar-refractivity contribution is 0.0330.